The van der Waals surface area contributed by atoms with E-state index in [4.69, 9.17) is 0 Å². The third-order valence-corrected chi connectivity index (χ3v) is 14.3. The SMILES string of the molecule is CC1CCC2C(C1)C1C(CC(C)(C)C3C4CCCCC4C4CCCCC43)C3CCCCC3C1N2C. The van der Waals surface area contributed by atoms with Crippen molar-refractivity contribution < 1.29 is 0 Å². The molecule has 6 aliphatic carbocycles. The molecule has 0 aromatic carbocycles. The van der Waals surface area contributed by atoms with Crippen LogP contribution in [0.25, 0.3) is 0 Å². The van der Waals surface area contributed by atoms with Crippen molar-refractivity contribution in [1.82, 2.24) is 4.90 Å². The molecule has 7 rings (SSSR count). The molecule has 0 bridgehead atoms. The van der Waals surface area contributed by atoms with Gasteiger partial charge in [0.1, 0.15) is 0 Å². The third kappa shape index (κ3) is 3.69. The maximum Gasteiger partial charge on any atom is 0.0160 e. The van der Waals surface area contributed by atoms with E-state index in [0.717, 1.165) is 77.2 Å². The molecule has 0 spiro atoms. The smallest absolute Gasteiger partial charge is 0.0160 e. The van der Waals surface area contributed by atoms with Gasteiger partial charge in [-0.15, -0.1) is 0 Å². The summed E-state index contributed by atoms with van der Waals surface area (Å²) < 4.78 is 0. The number of hydrogen-bond acceptors (Lipinski definition) is 1. The lowest BCUT2D eigenvalue weighted by Crippen LogP contribution is -2.42. The lowest BCUT2D eigenvalue weighted by molar-refractivity contribution is 0.0266. The lowest BCUT2D eigenvalue weighted by Gasteiger charge is -2.46. The van der Waals surface area contributed by atoms with Gasteiger partial charge in [-0.2, -0.15) is 0 Å². The van der Waals surface area contributed by atoms with Crippen LogP contribution in [-0.2, 0) is 0 Å². The molecular formula is C34H57N. The zero-order chi connectivity index (χ0) is 23.9. The van der Waals surface area contributed by atoms with Crippen molar-refractivity contribution in [2.24, 2.45) is 70.5 Å². The van der Waals surface area contributed by atoms with Crippen molar-refractivity contribution in [2.45, 2.75) is 136 Å². The van der Waals surface area contributed by atoms with E-state index in [0.29, 0.717) is 5.41 Å². The standard InChI is InChI=1S/C34H57N/c1-21-17-18-30-28(19-21)31-29(24-13-7-10-16-27(24)33(31)35(30)4)20-34(2,3)32-25-14-8-5-11-22(25)23-12-6-9-15-26(23)32/h21-33H,5-20H2,1-4H3. The van der Waals surface area contributed by atoms with Gasteiger partial charge in [0.25, 0.3) is 0 Å². The summed E-state index contributed by atoms with van der Waals surface area (Å²) in [7, 11) is 2.58. The molecule has 1 heterocycles. The van der Waals surface area contributed by atoms with E-state index in [9.17, 15) is 0 Å². The molecule has 1 heteroatoms. The number of nitrogens with zero attached hydrogens (tertiary/aromatic N) is 1. The molecule has 12 atom stereocenters. The van der Waals surface area contributed by atoms with Crippen molar-refractivity contribution in [3.8, 4) is 0 Å². The van der Waals surface area contributed by atoms with Crippen molar-refractivity contribution in [2.75, 3.05) is 7.05 Å². The summed E-state index contributed by atoms with van der Waals surface area (Å²) in [4.78, 5) is 3.00. The van der Waals surface area contributed by atoms with Gasteiger partial charge in [-0.1, -0.05) is 59.3 Å². The number of likely N-dealkylation sites (tertiary alicyclic amines) is 1. The Morgan fingerprint density at radius 2 is 1.17 bits per heavy atom. The van der Waals surface area contributed by atoms with Gasteiger partial charge in [-0.3, -0.25) is 4.90 Å². The first kappa shape index (κ1) is 24.0. The van der Waals surface area contributed by atoms with Gasteiger partial charge in [-0.05, 0) is 142 Å². The molecular weight excluding hydrogens is 422 g/mol. The maximum atomic E-state index is 3.00. The zero-order valence-electron chi connectivity index (χ0n) is 23.8. The summed E-state index contributed by atoms with van der Waals surface area (Å²) in [5, 5.41) is 0. The summed E-state index contributed by atoms with van der Waals surface area (Å²) in [5.41, 5.74) is 0.551. The van der Waals surface area contributed by atoms with Crippen molar-refractivity contribution >= 4 is 0 Å². The molecule has 35 heavy (non-hydrogen) atoms. The molecule has 1 saturated heterocycles. The van der Waals surface area contributed by atoms with Crippen LogP contribution in [-0.4, -0.2) is 24.0 Å². The quantitative estimate of drug-likeness (QED) is 0.391. The predicted molar refractivity (Wildman–Crippen MR) is 147 cm³/mol. The van der Waals surface area contributed by atoms with Crippen LogP contribution in [0.3, 0.4) is 0 Å². The summed E-state index contributed by atoms with van der Waals surface area (Å²) in [6, 6.07) is 1.86. The molecule has 7 aliphatic rings. The minimum absolute atomic E-state index is 0.551. The Kier molecular flexibility index (Phi) is 6.19. The van der Waals surface area contributed by atoms with Gasteiger partial charge < -0.3 is 0 Å². The molecule has 7 fully saturated rings. The highest BCUT2D eigenvalue weighted by molar-refractivity contribution is 5.14. The normalized spacial score (nSPS) is 54.0. The highest BCUT2D eigenvalue weighted by Crippen LogP contribution is 2.66. The molecule has 6 saturated carbocycles. The van der Waals surface area contributed by atoms with E-state index >= 15 is 0 Å². The molecule has 0 amide bonds. The third-order valence-electron chi connectivity index (χ3n) is 14.3. The number of rotatable bonds is 3. The fourth-order valence-electron chi connectivity index (χ4n) is 13.5. The van der Waals surface area contributed by atoms with E-state index in [1.54, 1.807) is 77.0 Å². The van der Waals surface area contributed by atoms with Crippen LogP contribution >= 0.6 is 0 Å². The summed E-state index contributed by atoms with van der Waals surface area (Å²) in [6.07, 6.45) is 24.8. The summed E-state index contributed by atoms with van der Waals surface area (Å²) in [5.74, 6) is 11.6. The fourth-order valence-corrected chi connectivity index (χ4v) is 13.5. The van der Waals surface area contributed by atoms with E-state index < -0.39 is 0 Å². The van der Waals surface area contributed by atoms with Crippen LogP contribution in [0.1, 0.15) is 124 Å². The van der Waals surface area contributed by atoms with Gasteiger partial charge in [0.15, 0.2) is 0 Å². The van der Waals surface area contributed by atoms with Crippen LogP contribution in [0.2, 0.25) is 0 Å². The first-order chi connectivity index (χ1) is 17.0. The molecule has 12 unspecified atom stereocenters. The first-order valence-electron chi connectivity index (χ1n) is 16.7. The van der Waals surface area contributed by atoms with Crippen molar-refractivity contribution in [1.29, 1.82) is 0 Å². The number of fused-ring (bicyclic) bond motifs is 8. The highest BCUT2D eigenvalue weighted by atomic mass is 15.2. The lowest BCUT2D eigenvalue weighted by atomic mass is 9.59. The van der Waals surface area contributed by atoms with Gasteiger partial charge in [0.2, 0.25) is 0 Å². The van der Waals surface area contributed by atoms with E-state index in [1.807, 2.05) is 0 Å². The monoisotopic (exact) mass is 479 g/mol. The van der Waals surface area contributed by atoms with E-state index in [2.05, 4.69) is 32.7 Å². The van der Waals surface area contributed by atoms with Crippen LogP contribution in [0.5, 0.6) is 0 Å². The van der Waals surface area contributed by atoms with Crippen LogP contribution < -0.4 is 0 Å². The van der Waals surface area contributed by atoms with Gasteiger partial charge in [0, 0.05) is 12.1 Å². The molecule has 0 N–H and O–H groups in total. The second kappa shape index (κ2) is 9.02. The second-order valence-corrected chi connectivity index (χ2v) is 16.1. The predicted octanol–water partition coefficient (Wildman–Crippen LogP) is 8.82. The Labute approximate surface area is 218 Å². The minimum Gasteiger partial charge on any atom is -0.300 e. The largest absolute Gasteiger partial charge is 0.300 e. The van der Waals surface area contributed by atoms with Crippen molar-refractivity contribution in [3.05, 3.63) is 0 Å². The van der Waals surface area contributed by atoms with Gasteiger partial charge >= 0.3 is 0 Å². The molecule has 0 radical (unpaired) electrons. The Balaban J connectivity index is 1.21. The van der Waals surface area contributed by atoms with Crippen LogP contribution in [0, 0.1) is 70.5 Å². The molecule has 0 aromatic heterocycles. The Morgan fingerprint density at radius 1 is 0.629 bits per heavy atom. The number of hydrogen-bond donors (Lipinski definition) is 0. The summed E-state index contributed by atoms with van der Waals surface area (Å²) >= 11 is 0. The second-order valence-electron chi connectivity index (χ2n) is 16.1. The van der Waals surface area contributed by atoms with Crippen LogP contribution in [0.4, 0.5) is 0 Å². The Bertz CT molecular complexity index is 749. The Hall–Kier alpha value is -0.0400. The van der Waals surface area contributed by atoms with Crippen molar-refractivity contribution in [3.63, 3.8) is 0 Å². The minimum atomic E-state index is 0.551. The summed E-state index contributed by atoms with van der Waals surface area (Å²) in [6.45, 7) is 8.20. The maximum absolute atomic E-state index is 3.00. The van der Waals surface area contributed by atoms with Crippen LogP contribution in [0.15, 0.2) is 0 Å². The average Bonchev–Trinajstić information content (AvgIpc) is 3.46. The molecule has 0 aromatic rings. The Morgan fingerprint density at radius 3 is 1.80 bits per heavy atom. The fraction of sp³-hybridized carbons (Fsp3) is 1.00. The zero-order valence-corrected chi connectivity index (χ0v) is 23.8. The molecule has 198 valence electrons. The molecule has 1 nitrogen and oxygen atoms in total. The van der Waals surface area contributed by atoms with Gasteiger partial charge in [-0.25, -0.2) is 0 Å². The van der Waals surface area contributed by atoms with Gasteiger partial charge in [0.05, 0.1) is 0 Å². The van der Waals surface area contributed by atoms with E-state index in [1.165, 1.54) is 25.7 Å². The average molecular weight is 480 g/mol. The molecule has 1 aliphatic heterocycles. The van der Waals surface area contributed by atoms with E-state index in [-0.39, 0.29) is 0 Å². The topological polar surface area (TPSA) is 3.24 Å². The highest BCUT2D eigenvalue weighted by Gasteiger charge is 2.63. The first-order valence-corrected chi connectivity index (χ1v) is 16.7.